The average molecular weight is 415 g/mol. The first kappa shape index (κ1) is 21.1. The molecule has 4 rings (SSSR count). The number of carbonyl (C=O) groups is 1. The highest BCUT2D eigenvalue weighted by atomic mass is 16.3. The zero-order valence-electron chi connectivity index (χ0n) is 18.3. The van der Waals surface area contributed by atoms with E-state index in [0.717, 1.165) is 35.3 Å². The van der Waals surface area contributed by atoms with Gasteiger partial charge in [0.2, 0.25) is 0 Å². The van der Waals surface area contributed by atoms with Crippen molar-refractivity contribution in [2.75, 3.05) is 6.54 Å². The number of H-pyrrole nitrogens is 1. The molecule has 0 bridgehead atoms. The number of aliphatic imine (C=N–C) groups is 1. The summed E-state index contributed by atoms with van der Waals surface area (Å²) in [7, 11) is 0. The summed E-state index contributed by atoms with van der Waals surface area (Å²) in [4.78, 5) is 21.3. The summed E-state index contributed by atoms with van der Waals surface area (Å²) < 4.78 is 0. The van der Waals surface area contributed by atoms with E-state index >= 15 is 0 Å². The highest BCUT2D eigenvalue weighted by molar-refractivity contribution is 6.24. The third-order valence-corrected chi connectivity index (χ3v) is 6.18. The fraction of sp³-hybridized carbons (Fsp3) is 0.333. The van der Waals surface area contributed by atoms with E-state index in [1.807, 2.05) is 31.2 Å². The Kier molecular flexibility index (Phi) is 6.36. The van der Waals surface area contributed by atoms with Crippen LogP contribution in [0.25, 0.3) is 10.9 Å². The monoisotopic (exact) mass is 414 g/mol. The minimum Gasteiger partial charge on any atom is -0.511 e. The number of hydrogen-bond acceptors (Lipinski definition) is 3. The molecule has 1 atom stereocenters. The Morgan fingerprint density at radius 2 is 1.84 bits per heavy atom. The molecule has 3 aromatic rings. The number of allylic oxidation sites excluding steroid dienone is 2. The van der Waals surface area contributed by atoms with E-state index in [1.54, 1.807) is 0 Å². The topological polar surface area (TPSA) is 65.4 Å². The van der Waals surface area contributed by atoms with Gasteiger partial charge in [-0.15, -0.1) is 0 Å². The maximum atomic E-state index is 13.0. The standard InChI is InChI=1S/C27H30N2O2/c1-3-9-25(30)27-24(16-20(17-26(27)31)19-10-5-4-6-11-19)28-15-14-21-18(2)29-23-13-8-7-12-22(21)23/h4-8,10-13,20,29-30H,3,9,14-17H2,1-2H3/b27-25+,28-24?. The van der Waals surface area contributed by atoms with Crippen molar-refractivity contribution in [3.63, 3.8) is 0 Å². The lowest BCUT2D eigenvalue weighted by molar-refractivity contribution is -0.116. The van der Waals surface area contributed by atoms with Crippen LogP contribution in [0, 0.1) is 6.92 Å². The van der Waals surface area contributed by atoms with Gasteiger partial charge in [-0.2, -0.15) is 0 Å². The number of aromatic amines is 1. The predicted octanol–water partition coefficient (Wildman–Crippen LogP) is 6.22. The third kappa shape index (κ3) is 4.48. The first-order chi connectivity index (χ1) is 15.1. The van der Waals surface area contributed by atoms with Crippen LogP contribution >= 0.6 is 0 Å². The number of fused-ring (bicyclic) bond motifs is 1. The smallest absolute Gasteiger partial charge is 0.168 e. The summed E-state index contributed by atoms with van der Waals surface area (Å²) in [5.74, 6) is 0.314. The van der Waals surface area contributed by atoms with Crippen molar-refractivity contribution in [3.8, 4) is 0 Å². The second-order valence-electron chi connectivity index (χ2n) is 8.36. The number of aromatic nitrogens is 1. The van der Waals surface area contributed by atoms with Gasteiger partial charge in [-0.05, 0) is 49.3 Å². The number of benzene rings is 2. The molecular weight excluding hydrogens is 384 g/mol. The van der Waals surface area contributed by atoms with E-state index in [2.05, 4.69) is 42.2 Å². The first-order valence-electron chi connectivity index (χ1n) is 11.2. The second-order valence-corrected chi connectivity index (χ2v) is 8.36. The zero-order valence-corrected chi connectivity index (χ0v) is 18.3. The van der Waals surface area contributed by atoms with Crippen LogP contribution in [0.3, 0.4) is 0 Å². The Morgan fingerprint density at radius 1 is 1.10 bits per heavy atom. The van der Waals surface area contributed by atoms with Crippen LogP contribution in [0.1, 0.15) is 55.3 Å². The highest BCUT2D eigenvalue weighted by Gasteiger charge is 2.32. The van der Waals surface area contributed by atoms with Crippen LogP contribution in [0.5, 0.6) is 0 Å². The van der Waals surface area contributed by atoms with Gasteiger partial charge < -0.3 is 10.1 Å². The van der Waals surface area contributed by atoms with Gasteiger partial charge in [0.05, 0.1) is 5.57 Å². The fourth-order valence-electron chi connectivity index (χ4n) is 4.65. The summed E-state index contributed by atoms with van der Waals surface area (Å²) >= 11 is 0. The molecule has 0 saturated heterocycles. The summed E-state index contributed by atoms with van der Waals surface area (Å²) in [6.07, 6.45) is 3.22. The number of Topliss-reactive ketones (excluding diaryl/α,β-unsaturated/α-hetero) is 1. The molecule has 0 amide bonds. The lowest BCUT2D eigenvalue weighted by Crippen LogP contribution is -2.27. The van der Waals surface area contributed by atoms with Gasteiger partial charge in [-0.1, -0.05) is 55.5 Å². The zero-order chi connectivity index (χ0) is 21.8. The van der Waals surface area contributed by atoms with Crippen molar-refractivity contribution in [2.24, 2.45) is 4.99 Å². The van der Waals surface area contributed by atoms with Gasteiger partial charge in [0.25, 0.3) is 0 Å². The molecule has 0 spiro atoms. The predicted molar refractivity (Wildman–Crippen MR) is 127 cm³/mol. The average Bonchev–Trinajstić information content (AvgIpc) is 3.09. The molecule has 1 aromatic heterocycles. The highest BCUT2D eigenvalue weighted by Crippen LogP contribution is 2.34. The van der Waals surface area contributed by atoms with Crippen LogP contribution in [-0.4, -0.2) is 28.1 Å². The van der Waals surface area contributed by atoms with E-state index in [9.17, 15) is 9.90 Å². The van der Waals surface area contributed by atoms with Gasteiger partial charge in [0, 0.05) is 41.7 Å². The molecule has 1 unspecified atom stereocenters. The number of nitrogens with zero attached hydrogens (tertiary/aromatic N) is 1. The van der Waals surface area contributed by atoms with E-state index in [-0.39, 0.29) is 17.5 Å². The number of aliphatic hydroxyl groups is 1. The number of carbonyl (C=O) groups excluding carboxylic acids is 1. The van der Waals surface area contributed by atoms with Gasteiger partial charge in [0.1, 0.15) is 5.76 Å². The Hall–Kier alpha value is -3.14. The Balaban J connectivity index is 1.62. The van der Waals surface area contributed by atoms with Crippen molar-refractivity contribution in [3.05, 3.63) is 82.8 Å². The van der Waals surface area contributed by atoms with Crippen LogP contribution in [0.15, 0.2) is 70.9 Å². The van der Waals surface area contributed by atoms with Crippen molar-refractivity contribution in [1.82, 2.24) is 4.98 Å². The number of aliphatic hydroxyl groups excluding tert-OH is 1. The molecule has 160 valence electrons. The Labute approximate surface area is 183 Å². The number of aryl methyl sites for hydroxylation is 1. The minimum absolute atomic E-state index is 0.00748. The maximum Gasteiger partial charge on any atom is 0.168 e. The van der Waals surface area contributed by atoms with Gasteiger partial charge in [-0.3, -0.25) is 9.79 Å². The third-order valence-electron chi connectivity index (χ3n) is 6.18. The van der Waals surface area contributed by atoms with E-state index in [4.69, 9.17) is 4.99 Å². The summed E-state index contributed by atoms with van der Waals surface area (Å²) in [6.45, 7) is 4.69. The fourth-order valence-corrected chi connectivity index (χ4v) is 4.65. The Bertz CT molecular complexity index is 1140. The molecule has 4 heteroatoms. The van der Waals surface area contributed by atoms with Crippen molar-refractivity contribution >= 4 is 22.4 Å². The van der Waals surface area contributed by atoms with Gasteiger partial charge >= 0.3 is 0 Å². The molecule has 4 nitrogen and oxygen atoms in total. The summed E-state index contributed by atoms with van der Waals surface area (Å²) in [6, 6.07) is 18.5. The van der Waals surface area contributed by atoms with Crippen molar-refractivity contribution in [2.45, 2.75) is 51.9 Å². The largest absolute Gasteiger partial charge is 0.511 e. The molecule has 0 radical (unpaired) electrons. The normalized spacial score (nSPS) is 19.9. The van der Waals surface area contributed by atoms with Crippen LogP contribution in [0.2, 0.25) is 0 Å². The molecule has 1 saturated carbocycles. The molecule has 2 aromatic carbocycles. The maximum absolute atomic E-state index is 13.0. The number of nitrogens with one attached hydrogen (secondary N) is 1. The molecule has 1 heterocycles. The quantitative estimate of drug-likeness (QED) is 0.371. The Morgan fingerprint density at radius 3 is 2.61 bits per heavy atom. The number of hydrogen-bond donors (Lipinski definition) is 2. The molecule has 31 heavy (non-hydrogen) atoms. The number of para-hydroxylation sites is 1. The first-order valence-corrected chi connectivity index (χ1v) is 11.2. The molecule has 1 fully saturated rings. The second kappa shape index (κ2) is 9.34. The van der Waals surface area contributed by atoms with E-state index in [1.165, 1.54) is 10.9 Å². The lowest BCUT2D eigenvalue weighted by atomic mass is 9.78. The summed E-state index contributed by atoms with van der Waals surface area (Å²) in [5.41, 5.74) is 5.95. The molecule has 1 aliphatic rings. The van der Waals surface area contributed by atoms with E-state index < -0.39 is 0 Å². The molecule has 0 aliphatic heterocycles. The molecule has 1 aliphatic carbocycles. The lowest BCUT2D eigenvalue weighted by Gasteiger charge is -2.26. The number of ketones is 1. The van der Waals surface area contributed by atoms with Crippen LogP contribution in [-0.2, 0) is 11.2 Å². The SMILES string of the molecule is CCC/C(O)=C1\C(=O)CC(c2ccccc2)CC1=NCCc1c(C)[nH]c2ccccc12. The molecular formula is C27H30N2O2. The van der Waals surface area contributed by atoms with Crippen molar-refractivity contribution < 1.29 is 9.90 Å². The molecule has 2 N–H and O–H groups in total. The van der Waals surface area contributed by atoms with Gasteiger partial charge in [0.15, 0.2) is 5.78 Å². The summed E-state index contributed by atoms with van der Waals surface area (Å²) in [5, 5.41) is 11.8. The van der Waals surface area contributed by atoms with Crippen LogP contribution < -0.4 is 0 Å². The van der Waals surface area contributed by atoms with Gasteiger partial charge in [-0.25, -0.2) is 0 Å². The van der Waals surface area contributed by atoms with Crippen LogP contribution in [0.4, 0.5) is 0 Å². The van der Waals surface area contributed by atoms with E-state index in [0.29, 0.717) is 31.4 Å². The minimum atomic E-state index is 0.00748. The van der Waals surface area contributed by atoms with Crippen molar-refractivity contribution in [1.29, 1.82) is 0 Å². The number of rotatable bonds is 6.